The van der Waals surface area contributed by atoms with Crippen molar-refractivity contribution >= 4 is 15.9 Å². The van der Waals surface area contributed by atoms with Gasteiger partial charge in [0.15, 0.2) is 0 Å². The molecule has 0 aliphatic carbocycles. The Morgan fingerprint density at radius 3 is 1.82 bits per heavy atom. The second-order valence-electron chi connectivity index (χ2n) is 7.74. The van der Waals surface area contributed by atoms with Crippen LogP contribution in [-0.4, -0.2) is 22.5 Å². The average molecular weight is 533 g/mol. The monoisotopic (exact) mass is 531 g/mol. The fourth-order valence-electron chi connectivity index (χ4n) is 2.11. The fourth-order valence-corrected chi connectivity index (χ4v) is 2.11. The van der Waals surface area contributed by atoms with E-state index in [1.807, 2.05) is 44.3 Å². The van der Waals surface area contributed by atoms with Crippen LogP contribution in [0.2, 0.25) is 0 Å². The van der Waals surface area contributed by atoms with Gasteiger partial charge in [-0.3, -0.25) is 14.4 Å². The predicted octanol–water partition coefficient (Wildman–Crippen LogP) is 4.88. The molecule has 2 aromatic heterocycles. The summed E-state index contributed by atoms with van der Waals surface area (Å²) in [5.74, 6) is 1.33. The van der Waals surface area contributed by atoms with Gasteiger partial charge in [0, 0.05) is 29.1 Å². The van der Waals surface area contributed by atoms with Crippen molar-refractivity contribution in [1.29, 1.82) is 10.5 Å². The zero-order chi connectivity index (χ0) is 24.9. The van der Waals surface area contributed by atoms with E-state index in [1.165, 1.54) is 0 Å². The summed E-state index contributed by atoms with van der Waals surface area (Å²) in [6.45, 7) is 12.5. The van der Waals surface area contributed by atoms with E-state index in [0.29, 0.717) is 12.3 Å². The molecule has 0 aliphatic rings. The minimum absolute atomic E-state index is 0. The Hall–Kier alpha value is -1.31. The smallest absolute Gasteiger partial charge is 1.00 e. The van der Waals surface area contributed by atoms with E-state index in [2.05, 4.69) is 65.7 Å². The fraction of sp³-hybridized carbons (Fsp3) is 0.538. The first-order valence-electron chi connectivity index (χ1n) is 10.9. The summed E-state index contributed by atoms with van der Waals surface area (Å²) < 4.78 is 15.5. The molecule has 0 bridgehead atoms. The second-order valence-corrected chi connectivity index (χ2v) is 8.38. The van der Waals surface area contributed by atoms with Crippen molar-refractivity contribution in [2.24, 2.45) is 11.8 Å². The molecular weight excluding hydrogens is 490 g/mol. The van der Waals surface area contributed by atoms with Crippen molar-refractivity contribution in [3.63, 3.8) is 0 Å². The molecule has 7 heteroatoms. The van der Waals surface area contributed by atoms with Crippen LogP contribution in [0.4, 0.5) is 4.39 Å². The maximum Gasteiger partial charge on any atom is 1.00 e. The largest absolute Gasteiger partial charge is 1.00 e. The molecule has 0 N–H and O–H groups in total. The Morgan fingerprint density at radius 2 is 1.52 bits per heavy atom. The zero-order valence-corrected chi connectivity index (χ0v) is 24.2. The SMILES string of the molecule is C.CC(C)CBr.Cc1ccc(C(C#N)CC(C)C)cn1.Cc1ccc(CC#N)cn1.[2H]CF.[H-].[Na+]. The molecule has 0 aromatic carbocycles. The quantitative estimate of drug-likeness (QED) is 0.407. The molecule has 0 saturated heterocycles. The number of pyridine rings is 2. The number of rotatable bonds is 5. The summed E-state index contributed by atoms with van der Waals surface area (Å²) in [5.41, 5.74) is 4.00. The van der Waals surface area contributed by atoms with Gasteiger partial charge in [0.1, 0.15) is 0 Å². The Kier molecular flexibility index (Phi) is 27.8. The Morgan fingerprint density at radius 1 is 1.03 bits per heavy atom. The number of nitriles is 2. The van der Waals surface area contributed by atoms with Gasteiger partial charge in [-0.1, -0.05) is 63.2 Å². The number of halogens is 2. The van der Waals surface area contributed by atoms with Crippen LogP contribution in [0.5, 0.6) is 0 Å². The van der Waals surface area contributed by atoms with Crippen molar-refractivity contribution in [3.8, 4) is 12.1 Å². The molecular formula is C26H41BrFN4Na. The summed E-state index contributed by atoms with van der Waals surface area (Å²) in [6.07, 6.45) is 4.90. The van der Waals surface area contributed by atoms with E-state index in [0.717, 1.165) is 40.2 Å². The van der Waals surface area contributed by atoms with Crippen molar-refractivity contribution in [1.82, 2.24) is 9.97 Å². The minimum Gasteiger partial charge on any atom is -1.00 e. The van der Waals surface area contributed by atoms with E-state index in [9.17, 15) is 4.39 Å². The van der Waals surface area contributed by atoms with Crippen molar-refractivity contribution < 1.29 is 36.7 Å². The van der Waals surface area contributed by atoms with E-state index in [4.69, 9.17) is 11.9 Å². The van der Waals surface area contributed by atoms with E-state index < -0.39 is 7.15 Å². The molecule has 2 heterocycles. The summed E-state index contributed by atoms with van der Waals surface area (Å²) in [7, 11) is -1.00. The van der Waals surface area contributed by atoms with Crippen LogP contribution < -0.4 is 29.6 Å². The van der Waals surface area contributed by atoms with Crippen molar-refractivity contribution in [2.75, 3.05) is 12.5 Å². The van der Waals surface area contributed by atoms with Gasteiger partial charge in [-0.25, -0.2) is 0 Å². The molecule has 4 nitrogen and oxygen atoms in total. The standard InChI is InChI=1S/C12H16N2.C8H8N2.C4H9Br.CH3F.CH4.Na.H/c1-9(2)6-12(7-13)11-5-4-10(3)14-8-11;1-7-2-3-8(4-5-9)6-10-7;1-4(2)3-5;1-2;;;/h4-5,8-9,12H,6H2,1-3H3;2-3,6H,4H2,1H3;4H,3H2,1-2H3;1H3;1H4;;/q;;;;;+1;-1/i;;;1D;;;. The molecule has 0 aliphatic heterocycles. The van der Waals surface area contributed by atoms with Crippen LogP contribution in [0.15, 0.2) is 36.7 Å². The van der Waals surface area contributed by atoms with Gasteiger partial charge in [0.25, 0.3) is 0 Å². The van der Waals surface area contributed by atoms with Gasteiger partial charge in [-0.2, -0.15) is 10.5 Å². The summed E-state index contributed by atoms with van der Waals surface area (Å²) in [4.78, 5) is 8.25. The van der Waals surface area contributed by atoms with Crippen LogP contribution in [-0.2, 0) is 6.42 Å². The first-order valence-corrected chi connectivity index (χ1v) is 11.3. The second kappa shape index (κ2) is 25.3. The van der Waals surface area contributed by atoms with E-state index >= 15 is 0 Å². The van der Waals surface area contributed by atoms with E-state index in [-0.39, 0.29) is 44.3 Å². The van der Waals surface area contributed by atoms with Gasteiger partial charge < -0.3 is 1.43 Å². The van der Waals surface area contributed by atoms with Crippen molar-refractivity contribution in [3.05, 3.63) is 59.2 Å². The van der Waals surface area contributed by atoms with Gasteiger partial charge in [0.2, 0.25) is 0 Å². The first kappa shape index (κ1) is 36.3. The molecule has 0 amide bonds. The average Bonchev–Trinajstić information content (AvgIpc) is 2.76. The van der Waals surface area contributed by atoms with Gasteiger partial charge in [-0.15, -0.1) is 0 Å². The number of alkyl halides is 2. The molecule has 0 radical (unpaired) electrons. The number of aromatic nitrogens is 2. The molecule has 0 fully saturated rings. The van der Waals surface area contributed by atoms with Crippen LogP contribution >= 0.6 is 15.9 Å². The van der Waals surface area contributed by atoms with E-state index in [1.54, 1.807) is 6.20 Å². The van der Waals surface area contributed by atoms with Crippen LogP contribution in [0.1, 0.15) is 72.8 Å². The molecule has 0 spiro atoms. The molecule has 33 heavy (non-hydrogen) atoms. The van der Waals surface area contributed by atoms with Gasteiger partial charge >= 0.3 is 29.6 Å². The number of hydrogen-bond donors (Lipinski definition) is 0. The third kappa shape index (κ3) is 22.3. The normalized spacial score (nSPS) is 10.0. The molecule has 180 valence electrons. The molecule has 2 rings (SSSR count). The Balaban J connectivity index is -0.000000126. The van der Waals surface area contributed by atoms with Gasteiger partial charge in [-0.05, 0) is 55.4 Å². The zero-order valence-electron chi connectivity index (χ0n) is 22.6. The third-order valence-electron chi connectivity index (χ3n) is 3.76. The van der Waals surface area contributed by atoms with Crippen LogP contribution in [0, 0.1) is 48.3 Å². The summed E-state index contributed by atoms with van der Waals surface area (Å²) in [6, 6.07) is 12.2. The number of aryl methyl sites for hydroxylation is 2. The summed E-state index contributed by atoms with van der Waals surface area (Å²) in [5, 5.41) is 18.4. The van der Waals surface area contributed by atoms with Crippen molar-refractivity contribution in [2.45, 2.75) is 67.7 Å². The molecule has 2 aromatic rings. The Labute approximate surface area is 235 Å². The maximum absolute atomic E-state index is 9.96. The van der Waals surface area contributed by atoms with Crippen LogP contribution in [0.25, 0.3) is 0 Å². The number of hydrogen-bond acceptors (Lipinski definition) is 4. The molecule has 1 atom stereocenters. The topological polar surface area (TPSA) is 73.4 Å². The van der Waals surface area contributed by atoms with Crippen LogP contribution in [0.3, 0.4) is 0 Å². The number of nitrogens with zero attached hydrogens (tertiary/aromatic N) is 4. The summed E-state index contributed by atoms with van der Waals surface area (Å²) >= 11 is 3.31. The van der Waals surface area contributed by atoms with Gasteiger partial charge in [0.05, 0.1) is 33.0 Å². The maximum atomic E-state index is 9.96. The molecule has 0 saturated carbocycles. The predicted molar refractivity (Wildman–Crippen MR) is 139 cm³/mol. The first-order chi connectivity index (χ1) is 15.1. The minimum atomic E-state index is -1.00. The Bertz CT molecular complexity index is 793. The molecule has 1 unspecified atom stereocenters. The third-order valence-corrected chi connectivity index (χ3v) is 5.06.